The minimum atomic E-state index is -0.417. The van der Waals surface area contributed by atoms with Gasteiger partial charge in [0.15, 0.2) is 5.89 Å². The Bertz CT molecular complexity index is 1410. The van der Waals surface area contributed by atoms with Gasteiger partial charge in [-0.05, 0) is 24.6 Å². The number of nitrogens with zero attached hydrogens (tertiary/aromatic N) is 6. The first-order chi connectivity index (χ1) is 15.1. The normalized spacial score (nSPS) is 11.0. The first-order valence-corrected chi connectivity index (χ1v) is 9.57. The molecule has 0 unspecified atom stereocenters. The van der Waals surface area contributed by atoms with Gasteiger partial charge in [-0.2, -0.15) is 4.98 Å². The molecule has 0 aliphatic heterocycles. The molecule has 1 aromatic carbocycles. The van der Waals surface area contributed by atoms with Crippen molar-refractivity contribution in [3.8, 4) is 22.6 Å². The minimum Gasteiger partial charge on any atom is -0.436 e. The van der Waals surface area contributed by atoms with Crippen LogP contribution >= 0.6 is 0 Å². The summed E-state index contributed by atoms with van der Waals surface area (Å²) in [6.07, 6.45) is 3.63. The number of hydrogen-bond donors (Lipinski definition) is 1. The first-order valence-electron chi connectivity index (χ1n) is 9.57. The van der Waals surface area contributed by atoms with Crippen LogP contribution in [-0.4, -0.2) is 35.5 Å². The van der Waals surface area contributed by atoms with Crippen LogP contribution in [0.3, 0.4) is 0 Å². The molecule has 0 spiro atoms. The second kappa shape index (κ2) is 7.45. The number of amides is 1. The molecule has 4 heterocycles. The molecule has 152 valence electrons. The molecule has 31 heavy (non-hydrogen) atoms. The fourth-order valence-corrected chi connectivity index (χ4v) is 3.21. The maximum absolute atomic E-state index is 12.5. The quantitative estimate of drug-likeness (QED) is 0.480. The predicted molar refractivity (Wildman–Crippen MR) is 113 cm³/mol. The first kappa shape index (κ1) is 18.6. The summed E-state index contributed by atoms with van der Waals surface area (Å²) in [4.78, 5) is 29.9. The molecule has 0 saturated heterocycles. The van der Waals surface area contributed by atoms with Crippen LogP contribution < -0.4 is 5.32 Å². The molecule has 0 saturated carbocycles. The van der Waals surface area contributed by atoms with E-state index in [4.69, 9.17) is 4.42 Å². The highest BCUT2D eigenvalue weighted by Gasteiger charge is 2.17. The number of carbonyl (C=O) groups excluding carboxylic acids is 1. The number of nitrogens with one attached hydrogen (secondary N) is 1. The Labute approximate surface area is 176 Å². The van der Waals surface area contributed by atoms with E-state index in [1.54, 1.807) is 42.8 Å². The molecule has 5 aromatic rings. The standard InChI is InChI=1S/C22H17N7O2/c1-13-19(31-14(2)24-13)21(30)26-18-10-6-9-17(25-18)20-27-22-23-11-16(12-29(22)28-20)15-7-4-3-5-8-15/h3-12H,1-2H3,(H,25,26,30). The van der Waals surface area contributed by atoms with Gasteiger partial charge in [-0.15, -0.1) is 5.10 Å². The van der Waals surface area contributed by atoms with Crippen LogP contribution in [0.1, 0.15) is 22.1 Å². The highest BCUT2D eigenvalue weighted by Crippen LogP contribution is 2.20. The Morgan fingerprint density at radius 1 is 0.968 bits per heavy atom. The van der Waals surface area contributed by atoms with Crippen LogP contribution in [0.15, 0.2) is 65.3 Å². The van der Waals surface area contributed by atoms with E-state index in [-0.39, 0.29) is 5.76 Å². The lowest BCUT2D eigenvalue weighted by molar-refractivity contribution is 0.0994. The van der Waals surface area contributed by atoms with E-state index in [0.29, 0.717) is 34.7 Å². The van der Waals surface area contributed by atoms with E-state index in [1.807, 2.05) is 36.5 Å². The number of fused-ring (bicyclic) bond motifs is 1. The second-order valence-electron chi connectivity index (χ2n) is 6.90. The summed E-state index contributed by atoms with van der Waals surface area (Å²) in [7, 11) is 0. The number of pyridine rings is 1. The monoisotopic (exact) mass is 411 g/mol. The zero-order chi connectivity index (χ0) is 21.4. The second-order valence-corrected chi connectivity index (χ2v) is 6.90. The van der Waals surface area contributed by atoms with Crippen LogP contribution in [-0.2, 0) is 0 Å². The van der Waals surface area contributed by atoms with Gasteiger partial charge in [0, 0.05) is 24.9 Å². The van der Waals surface area contributed by atoms with E-state index >= 15 is 0 Å². The van der Waals surface area contributed by atoms with Gasteiger partial charge in [0.2, 0.25) is 11.6 Å². The van der Waals surface area contributed by atoms with Crippen molar-refractivity contribution in [1.82, 2.24) is 29.5 Å². The van der Waals surface area contributed by atoms with Crippen molar-refractivity contribution in [2.75, 3.05) is 5.32 Å². The Kier molecular flexibility index (Phi) is 4.47. The molecule has 0 aliphatic carbocycles. The molecule has 9 nitrogen and oxygen atoms in total. The number of benzene rings is 1. The van der Waals surface area contributed by atoms with E-state index in [0.717, 1.165) is 11.1 Å². The number of aromatic nitrogens is 6. The van der Waals surface area contributed by atoms with Crippen molar-refractivity contribution in [3.05, 3.63) is 78.3 Å². The van der Waals surface area contributed by atoms with Gasteiger partial charge in [0.1, 0.15) is 11.5 Å². The SMILES string of the molecule is Cc1nc(C)c(C(=O)Nc2cccc(-c3nc4ncc(-c5ccccc5)cn4n3)n2)o1. The molecular formula is C22H17N7O2. The van der Waals surface area contributed by atoms with E-state index in [1.165, 1.54) is 0 Å². The maximum atomic E-state index is 12.5. The zero-order valence-electron chi connectivity index (χ0n) is 16.8. The molecule has 9 heteroatoms. The largest absolute Gasteiger partial charge is 0.436 e. The molecule has 0 fully saturated rings. The summed E-state index contributed by atoms with van der Waals surface area (Å²) >= 11 is 0. The lowest BCUT2D eigenvalue weighted by Crippen LogP contribution is -2.13. The van der Waals surface area contributed by atoms with Crippen LogP contribution in [0.4, 0.5) is 5.82 Å². The van der Waals surface area contributed by atoms with E-state index < -0.39 is 5.91 Å². The smallest absolute Gasteiger partial charge is 0.294 e. The Morgan fingerprint density at radius 3 is 2.58 bits per heavy atom. The lowest BCUT2D eigenvalue weighted by Gasteiger charge is -2.03. The predicted octanol–water partition coefficient (Wildman–Crippen LogP) is 3.71. The third kappa shape index (κ3) is 3.64. The number of oxazole rings is 1. The highest BCUT2D eigenvalue weighted by molar-refractivity contribution is 6.02. The van der Waals surface area contributed by atoms with Crippen molar-refractivity contribution in [2.45, 2.75) is 13.8 Å². The van der Waals surface area contributed by atoms with E-state index in [9.17, 15) is 4.79 Å². The number of aryl methyl sites for hydroxylation is 2. The van der Waals surface area contributed by atoms with Crippen molar-refractivity contribution < 1.29 is 9.21 Å². The number of rotatable bonds is 4. The lowest BCUT2D eigenvalue weighted by atomic mass is 10.1. The van der Waals surface area contributed by atoms with Crippen LogP contribution in [0.5, 0.6) is 0 Å². The highest BCUT2D eigenvalue weighted by atomic mass is 16.4. The van der Waals surface area contributed by atoms with Gasteiger partial charge >= 0.3 is 0 Å². The third-order valence-corrected chi connectivity index (χ3v) is 4.63. The summed E-state index contributed by atoms with van der Waals surface area (Å²) in [5.41, 5.74) is 2.99. The van der Waals surface area contributed by atoms with Gasteiger partial charge in [-0.3, -0.25) is 4.79 Å². The fraction of sp³-hybridized carbons (Fsp3) is 0.0909. The molecule has 5 rings (SSSR count). The van der Waals surface area contributed by atoms with Gasteiger partial charge in [-0.25, -0.2) is 19.5 Å². The summed E-state index contributed by atoms with van der Waals surface area (Å²) in [6.45, 7) is 3.40. The summed E-state index contributed by atoms with van der Waals surface area (Å²) in [6, 6.07) is 15.1. The number of carbonyl (C=O) groups is 1. The Balaban J connectivity index is 1.44. The average Bonchev–Trinajstić information content (AvgIpc) is 3.36. The molecular weight excluding hydrogens is 394 g/mol. The van der Waals surface area contributed by atoms with Crippen LogP contribution in [0.25, 0.3) is 28.4 Å². The summed E-state index contributed by atoms with van der Waals surface area (Å²) < 4.78 is 6.98. The zero-order valence-corrected chi connectivity index (χ0v) is 16.8. The molecule has 0 atom stereocenters. The molecule has 0 aliphatic rings. The Hall–Kier alpha value is -4.40. The number of hydrogen-bond acceptors (Lipinski definition) is 7. The molecule has 0 bridgehead atoms. The summed E-state index contributed by atoms with van der Waals surface area (Å²) in [5.74, 6) is 1.39. The minimum absolute atomic E-state index is 0.160. The average molecular weight is 411 g/mol. The summed E-state index contributed by atoms with van der Waals surface area (Å²) in [5, 5.41) is 7.23. The fourth-order valence-electron chi connectivity index (χ4n) is 3.21. The maximum Gasteiger partial charge on any atom is 0.294 e. The molecule has 1 N–H and O–H groups in total. The van der Waals surface area contributed by atoms with Crippen LogP contribution in [0.2, 0.25) is 0 Å². The van der Waals surface area contributed by atoms with Gasteiger partial charge < -0.3 is 9.73 Å². The topological polar surface area (TPSA) is 111 Å². The van der Waals surface area contributed by atoms with Gasteiger partial charge in [0.05, 0.1) is 5.69 Å². The number of anilines is 1. The van der Waals surface area contributed by atoms with Crippen molar-refractivity contribution in [2.24, 2.45) is 0 Å². The van der Waals surface area contributed by atoms with E-state index in [2.05, 4.69) is 30.4 Å². The van der Waals surface area contributed by atoms with Gasteiger partial charge in [0.25, 0.3) is 11.7 Å². The van der Waals surface area contributed by atoms with Crippen molar-refractivity contribution in [1.29, 1.82) is 0 Å². The van der Waals surface area contributed by atoms with Gasteiger partial charge in [-0.1, -0.05) is 36.4 Å². The molecule has 1 amide bonds. The van der Waals surface area contributed by atoms with Crippen LogP contribution in [0, 0.1) is 13.8 Å². The molecule has 0 radical (unpaired) electrons. The Morgan fingerprint density at radius 2 is 1.81 bits per heavy atom. The molecule has 4 aromatic heterocycles. The third-order valence-electron chi connectivity index (χ3n) is 4.63. The van der Waals surface area contributed by atoms with Crippen molar-refractivity contribution in [3.63, 3.8) is 0 Å². The van der Waals surface area contributed by atoms with Crippen molar-refractivity contribution >= 4 is 17.5 Å².